The number of aromatic nitrogens is 1. The Bertz CT molecular complexity index is 602. The standard InChI is InChI=1S/C18H29F3N4O2S/c1-3-22-17(23-8-5-16-24-15(13-28-16)18(19,20)21)25-9-6-14(7-10-25)27-12-4-11-26-2/h13-14H,3-12H2,1-2H3,(H,22,23). The molecule has 0 bridgehead atoms. The summed E-state index contributed by atoms with van der Waals surface area (Å²) in [6, 6.07) is 0. The molecule has 160 valence electrons. The molecule has 0 saturated carbocycles. The van der Waals surface area contributed by atoms with Gasteiger partial charge in [0.25, 0.3) is 0 Å². The molecule has 0 aliphatic carbocycles. The van der Waals surface area contributed by atoms with Gasteiger partial charge in [0, 0.05) is 58.3 Å². The van der Waals surface area contributed by atoms with Gasteiger partial charge in [-0.05, 0) is 26.2 Å². The van der Waals surface area contributed by atoms with Crippen LogP contribution < -0.4 is 5.32 Å². The largest absolute Gasteiger partial charge is 0.434 e. The Morgan fingerprint density at radius 2 is 2.11 bits per heavy atom. The SMILES string of the molecule is CCNC(=NCCc1nc(C(F)(F)F)cs1)N1CCC(OCCCOC)CC1. The van der Waals surface area contributed by atoms with Crippen molar-refractivity contribution >= 4 is 17.3 Å². The van der Waals surface area contributed by atoms with Gasteiger partial charge in [-0.25, -0.2) is 4.98 Å². The van der Waals surface area contributed by atoms with Gasteiger partial charge in [-0.1, -0.05) is 0 Å². The molecule has 1 aliphatic heterocycles. The zero-order chi connectivity index (χ0) is 20.4. The molecule has 1 fully saturated rings. The highest BCUT2D eigenvalue weighted by Gasteiger charge is 2.33. The molecule has 28 heavy (non-hydrogen) atoms. The molecule has 6 nitrogen and oxygen atoms in total. The highest BCUT2D eigenvalue weighted by molar-refractivity contribution is 7.09. The van der Waals surface area contributed by atoms with Crippen LogP contribution in [-0.2, 0) is 22.1 Å². The number of methoxy groups -OCH3 is 1. The molecule has 0 unspecified atom stereocenters. The van der Waals surface area contributed by atoms with E-state index in [-0.39, 0.29) is 6.10 Å². The van der Waals surface area contributed by atoms with E-state index in [2.05, 4.69) is 20.2 Å². The van der Waals surface area contributed by atoms with Crippen molar-refractivity contribution < 1.29 is 22.6 Å². The number of thiazole rings is 1. The quantitative estimate of drug-likeness (QED) is 0.376. The van der Waals surface area contributed by atoms with E-state index in [9.17, 15) is 13.2 Å². The van der Waals surface area contributed by atoms with Crippen molar-refractivity contribution in [2.75, 3.05) is 46.5 Å². The minimum absolute atomic E-state index is 0.257. The molecule has 1 aromatic rings. The third-order valence-electron chi connectivity index (χ3n) is 4.35. The Balaban J connectivity index is 1.80. The van der Waals surface area contributed by atoms with Crippen LogP contribution in [0.2, 0.25) is 0 Å². The van der Waals surface area contributed by atoms with Crippen LogP contribution in [0.25, 0.3) is 0 Å². The number of aliphatic imine (C=N–C) groups is 1. The zero-order valence-corrected chi connectivity index (χ0v) is 17.2. The lowest BCUT2D eigenvalue weighted by atomic mass is 10.1. The first-order valence-corrected chi connectivity index (χ1v) is 10.5. The van der Waals surface area contributed by atoms with Gasteiger partial charge in [0.1, 0.15) is 0 Å². The number of halogens is 3. The summed E-state index contributed by atoms with van der Waals surface area (Å²) in [6.07, 6.45) is -0.977. The topological polar surface area (TPSA) is 59.0 Å². The molecule has 0 radical (unpaired) electrons. The van der Waals surface area contributed by atoms with E-state index in [0.29, 0.717) is 31.2 Å². The number of hydrogen-bond acceptors (Lipinski definition) is 5. The molecule has 0 aromatic carbocycles. The lowest BCUT2D eigenvalue weighted by molar-refractivity contribution is -0.140. The molecule has 2 heterocycles. The number of ether oxygens (including phenoxy) is 2. The summed E-state index contributed by atoms with van der Waals surface area (Å²) in [6.45, 7) is 6.24. The van der Waals surface area contributed by atoms with Crippen LogP contribution in [0.1, 0.15) is 36.9 Å². The van der Waals surface area contributed by atoms with Gasteiger partial charge < -0.3 is 19.7 Å². The Morgan fingerprint density at radius 1 is 1.36 bits per heavy atom. The number of likely N-dealkylation sites (tertiary alicyclic amines) is 1. The maximum atomic E-state index is 12.6. The van der Waals surface area contributed by atoms with E-state index in [1.807, 2.05) is 6.92 Å². The summed E-state index contributed by atoms with van der Waals surface area (Å²) < 4.78 is 48.8. The summed E-state index contributed by atoms with van der Waals surface area (Å²) in [4.78, 5) is 10.4. The molecule has 10 heteroatoms. The van der Waals surface area contributed by atoms with Crippen molar-refractivity contribution in [3.05, 3.63) is 16.1 Å². The number of piperidine rings is 1. The highest BCUT2D eigenvalue weighted by Crippen LogP contribution is 2.30. The second kappa shape index (κ2) is 11.6. The Morgan fingerprint density at radius 3 is 2.71 bits per heavy atom. The number of guanidine groups is 1. The van der Waals surface area contributed by atoms with Crippen LogP contribution in [0, 0.1) is 0 Å². The fourth-order valence-corrected chi connectivity index (χ4v) is 3.72. The first-order valence-electron chi connectivity index (χ1n) is 9.59. The molecule has 1 saturated heterocycles. The number of nitrogens with zero attached hydrogens (tertiary/aromatic N) is 3. The fourth-order valence-electron chi connectivity index (χ4n) is 2.93. The lowest BCUT2D eigenvalue weighted by Gasteiger charge is -2.34. The van der Waals surface area contributed by atoms with E-state index < -0.39 is 11.9 Å². The van der Waals surface area contributed by atoms with E-state index in [0.717, 1.165) is 61.6 Å². The van der Waals surface area contributed by atoms with Crippen LogP contribution >= 0.6 is 11.3 Å². The van der Waals surface area contributed by atoms with Crippen molar-refractivity contribution in [3.63, 3.8) is 0 Å². The molecular formula is C18H29F3N4O2S. The maximum Gasteiger partial charge on any atom is 0.434 e. The van der Waals surface area contributed by atoms with Crippen molar-refractivity contribution in [2.45, 2.75) is 44.9 Å². The Labute approximate surface area is 168 Å². The Kier molecular flexibility index (Phi) is 9.46. The summed E-state index contributed by atoms with van der Waals surface area (Å²) in [5, 5.41) is 4.78. The first-order chi connectivity index (χ1) is 13.4. The minimum atomic E-state index is -4.39. The average molecular weight is 423 g/mol. The molecule has 2 rings (SSSR count). The van der Waals surface area contributed by atoms with Crippen molar-refractivity contribution in [1.82, 2.24) is 15.2 Å². The summed E-state index contributed by atoms with van der Waals surface area (Å²) >= 11 is 1.03. The van der Waals surface area contributed by atoms with Gasteiger partial charge in [-0.3, -0.25) is 4.99 Å². The summed E-state index contributed by atoms with van der Waals surface area (Å²) in [5.74, 6) is 0.799. The van der Waals surface area contributed by atoms with Gasteiger partial charge in [0.2, 0.25) is 0 Å². The minimum Gasteiger partial charge on any atom is -0.385 e. The van der Waals surface area contributed by atoms with E-state index in [1.165, 1.54) is 0 Å². The van der Waals surface area contributed by atoms with Gasteiger partial charge in [0.15, 0.2) is 11.7 Å². The van der Waals surface area contributed by atoms with Crippen molar-refractivity contribution in [1.29, 1.82) is 0 Å². The summed E-state index contributed by atoms with van der Waals surface area (Å²) in [7, 11) is 1.68. The van der Waals surface area contributed by atoms with Crippen LogP contribution in [0.4, 0.5) is 13.2 Å². The van der Waals surface area contributed by atoms with E-state index >= 15 is 0 Å². The van der Waals surface area contributed by atoms with Crippen LogP contribution in [0.5, 0.6) is 0 Å². The number of alkyl halides is 3. The molecule has 1 N–H and O–H groups in total. The summed E-state index contributed by atoms with van der Waals surface area (Å²) in [5.41, 5.74) is -0.823. The second-order valence-corrected chi connectivity index (χ2v) is 7.46. The van der Waals surface area contributed by atoms with Crippen LogP contribution in [-0.4, -0.2) is 68.4 Å². The van der Waals surface area contributed by atoms with Crippen molar-refractivity contribution in [2.24, 2.45) is 4.99 Å². The monoisotopic (exact) mass is 422 g/mol. The molecule has 0 amide bonds. The predicted molar refractivity (Wildman–Crippen MR) is 104 cm³/mol. The van der Waals surface area contributed by atoms with Gasteiger partial charge in [-0.2, -0.15) is 13.2 Å². The molecule has 1 aliphatic rings. The molecule has 0 spiro atoms. The normalized spacial score (nSPS) is 16.6. The second-order valence-electron chi connectivity index (χ2n) is 6.51. The number of rotatable bonds is 9. The van der Waals surface area contributed by atoms with E-state index in [4.69, 9.17) is 9.47 Å². The maximum absolute atomic E-state index is 12.6. The van der Waals surface area contributed by atoms with Gasteiger partial charge >= 0.3 is 6.18 Å². The highest BCUT2D eigenvalue weighted by atomic mass is 32.1. The number of hydrogen-bond donors (Lipinski definition) is 1. The molecule has 0 atom stereocenters. The zero-order valence-electron chi connectivity index (χ0n) is 16.4. The Hall–Kier alpha value is -1.39. The van der Waals surface area contributed by atoms with Crippen molar-refractivity contribution in [3.8, 4) is 0 Å². The lowest BCUT2D eigenvalue weighted by Crippen LogP contribution is -2.47. The van der Waals surface area contributed by atoms with Crippen LogP contribution in [0.3, 0.4) is 0 Å². The number of nitrogens with one attached hydrogen (secondary N) is 1. The molecule has 1 aromatic heterocycles. The third-order valence-corrected chi connectivity index (χ3v) is 5.26. The average Bonchev–Trinajstić information content (AvgIpc) is 3.15. The van der Waals surface area contributed by atoms with Crippen LogP contribution in [0.15, 0.2) is 10.4 Å². The third kappa shape index (κ3) is 7.56. The van der Waals surface area contributed by atoms with Gasteiger partial charge in [-0.15, -0.1) is 11.3 Å². The fraction of sp³-hybridized carbons (Fsp3) is 0.778. The smallest absolute Gasteiger partial charge is 0.385 e. The predicted octanol–water partition coefficient (Wildman–Crippen LogP) is 3.19. The first kappa shape index (κ1) is 22.9. The molecular weight excluding hydrogens is 393 g/mol. The van der Waals surface area contributed by atoms with E-state index in [1.54, 1.807) is 7.11 Å². The van der Waals surface area contributed by atoms with Gasteiger partial charge in [0.05, 0.1) is 11.1 Å².